The van der Waals surface area contributed by atoms with Crippen LogP contribution in [0.1, 0.15) is 47.1 Å². The maximum atomic E-state index is 2.44. The van der Waals surface area contributed by atoms with Crippen molar-refractivity contribution < 1.29 is 0 Å². The molecule has 0 aliphatic heterocycles. The summed E-state index contributed by atoms with van der Waals surface area (Å²) >= 11 is 0. The first-order chi connectivity index (χ1) is 7.91. The van der Waals surface area contributed by atoms with Gasteiger partial charge >= 0.3 is 108 Å². The van der Waals surface area contributed by atoms with Crippen molar-refractivity contribution in [3.05, 3.63) is 35.9 Å². The van der Waals surface area contributed by atoms with Gasteiger partial charge in [0.1, 0.15) is 0 Å². The van der Waals surface area contributed by atoms with Crippen molar-refractivity contribution in [1.82, 2.24) is 0 Å². The van der Waals surface area contributed by atoms with Crippen LogP contribution < -0.4 is 0 Å². The first kappa shape index (κ1) is 14.7. The van der Waals surface area contributed by atoms with Gasteiger partial charge in [-0.15, -0.1) is 0 Å². The molecule has 0 saturated carbocycles. The topological polar surface area (TPSA) is 0 Å². The molecule has 0 spiro atoms. The van der Waals surface area contributed by atoms with E-state index in [4.69, 9.17) is 0 Å². The van der Waals surface area contributed by atoms with Crippen molar-refractivity contribution in [3.8, 4) is 0 Å². The Bertz CT molecular complexity index is 303. The monoisotopic (exact) mass is 252 g/mol. The molecule has 1 aromatic carbocycles. The van der Waals surface area contributed by atoms with Crippen LogP contribution in [-0.4, -0.2) is 17.0 Å². The molecule has 0 nitrogen and oxygen atoms in total. The molecule has 0 radical (unpaired) electrons. The van der Waals surface area contributed by atoms with Gasteiger partial charge in [-0.05, 0) is 0 Å². The average Bonchev–Trinajstić information content (AvgIpc) is 2.25. The zero-order chi connectivity index (χ0) is 13.1. The van der Waals surface area contributed by atoms with Crippen molar-refractivity contribution in [1.29, 1.82) is 0 Å². The van der Waals surface area contributed by atoms with Crippen LogP contribution in [0.15, 0.2) is 30.3 Å². The molecule has 0 heterocycles. The van der Waals surface area contributed by atoms with Crippen molar-refractivity contribution in [2.24, 2.45) is 0 Å². The first-order valence-electron chi connectivity index (χ1n) is 6.95. The molecule has 0 saturated heterocycles. The summed E-state index contributed by atoms with van der Waals surface area (Å²) in [5, 5.41) is 0. The van der Waals surface area contributed by atoms with Crippen molar-refractivity contribution in [2.75, 3.05) is 0 Å². The second-order valence-electron chi connectivity index (χ2n) is 6.24. The molecule has 0 aromatic heterocycles. The predicted octanol–water partition coefficient (Wildman–Crippen LogP) is 5.16. The summed E-state index contributed by atoms with van der Waals surface area (Å²) in [6.07, 6.45) is 1.33. The van der Waals surface area contributed by atoms with Crippen LogP contribution in [-0.2, 0) is 6.16 Å². The Morgan fingerprint density at radius 3 is 1.53 bits per heavy atom. The Labute approximate surface area is 108 Å². The molecule has 1 aromatic rings. The van der Waals surface area contributed by atoms with Crippen molar-refractivity contribution >= 4 is 7.26 Å². The molecule has 0 amide bonds. The minimum atomic E-state index is -1.27. The normalized spacial score (nSPS) is 13.7. The van der Waals surface area contributed by atoms with E-state index in [9.17, 15) is 0 Å². The van der Waals surface area contributed by atoms with Crippen LogP contribution in [0.4, 0.5) is 0 Å². The minimum absolute atomic E-state index is 0.850. The summed E-state index contributed by atoms with van der Waals surface area (Å²) in [6.45, 7) is 14.6. The zero-order valence-electron chi connectivity index (χ0n) is 12.3. The van der Waals surface area contributed by atoms with E-state index in [-0.39, 0.29) is 0 Å². The van der Waals surface area contributed by atoms with Gasteiger partial charge in [-0.3, -0.25) is 0 Å². The molecular weight excluding hydrogens is 223 g/mol. The molecule has 0 aliphatic carbocycles. The second kappa shape index (κ2) is 6.01. The van der Waals surface area contributed by atoms with Crippen molar-refractivity contribution in [2.45, 2.75) is 64.7 Å². The Morgan fingerprint density at radius 2 is 1.18 bits per heavy atom. The number of hydrogen-bond donors (Lipinski definition) is 0. The molecule has 0 aliphatic rings. The molecule has 0 fully saturated rings. The van der Waals surface area contributed by atoms with Crippen LogP contribution >= 0.6 is 7.26 Å². The Kier molecular flexibility index (Phi) is 5.20. The van der Waals surface area contributed by atoms with E-state index in [0.717, 1.165) is 17.0 Å². The van der Waals surface area contributed by atoms with Gasteiger partial charge in [0.05, 0.1) is 0 Å². The molecule has 0 bridgehead atoms. The predicted molar refractivity (Wildman–Crippen MR) is 83.9 cm³/mol. The van der Waals surface area contributed by atoms with Gasteiger partial charge < -0.3 is 0 Å². The number of rotatable bonds is 5. The van der Waals surface area contributed by atoms with Gasteiger partial charge in [0, 0.05) is 0 Å². The Morgan fingerprint density at radius 1 is 0.765 bits per heavy atom. The molecular formula is C16H29P. The van der Waals surface area contributed by atoms with Gasteiger partial charge in [-0.1, -0.05) is 0 Å². The van der Waals surface area contributed by atoms with Crippen LogP contribution in [0.5, 0.6) is 0 Å². The van der Waals surface area contributed by atoms with Crippen LogP contribution in [0.25, 0.3) is 0 Å². The third-order valence-electron chi connectivity index (χ3n) is 4.58. The fourth-order valence-electron chi connectivity index (χ4n) is 3.56. The summed E-state index contributed by atoms with van der Waals surface area (Å²) in [4.78, 5) is 0. The van der Waals surface area contributed by atoms with Gasteiger partial charge in [0.25, 0.3) is 0 Å². The molecule has 0 unspecified atom stereocenters. The third-order valence-corrected chi connectivity index (χ3v) is 12.0. The molecule has 1 rings (SSSR count). The fourth-order valence-corrected chi connectivity index (χ4v) is 9.73. The van der Waals surface area contributed by atoms with Gasteiger partial charge in [-0.25, -0.2) is 0 Å². The second-order valence-corrected chi connectivity index (χ2v) is 12.3. The number of benzene rings is 1. The standard InChI is InChI=1S/C16H29P/c1-13(2)17(14(3)4,15(5)6)12-16-10-8-7-9-11-16/h7-11,13-15,17H,12H2,1-6H3. The summed E-state index contributed by atoms with van der Waals surface area (Å²) in [5.41, 5.74) is 4.09. The van der Waals surface area contributed by atoms with E-state index in [1.54, 1.807) is 0 Å². The molecule has 0 N–H and O–H groups in total. The number of hydrogen-bond acceptors (Lipinski definition) is 0. The maximum absolute atomic E-state index is 2.44. The molecule has 98 valence electrons. The van der Waals surface area contributed by atoms with E-state index >= 15 is 0 Å². The van der Waals surface area contributed by atoms with E-state index < -0.39 is 7.26 Å². The molecule has 17 heavy (non-hydrogen) atoms. The Balaban J connectivity index is 3.07. The van der Waals surface area contributed by atoms with Crippen LogP contribution in [0, 0.1) is 0 Å². The summed E-state index contributed by atoms with van der Waals surface area (Å²) in [6, 6.07) is 11.1. The van der Waals surface area contributed by atoms with Crippen LogP contribution in [0.2, 0.25) is 0 Å². The van der Waals surface area contributed by atoms with Crippen molar-refractivity contribution in [3.63, 3.8) is 0 Å². The van der Waals surface area contributed by atoms with Gasteiger partial charge in [0.15, 0.2) is 0 Å². The molecule has 0 atom stereocenters. The van der Waals surface area contributed by atoms with E-state index in [1.807, 2.05) is 0 Å². The van der Waals surface area contributed by atoms with Gasteiger partial charge in [-0.2, -0.15) is 0 Å². The summed E-state index contributed by atoms with van der Waals surface area (Å²) in [5.74, 6) is 0. The summed E-state index contributed by atoms with van der Waals surface area (Å²) in [7, 11) is -1.27. The zero-order valence-corrected chi connectivity index (χ0v) is 13.3. The summed E-state index contributed by atoms with van der Waals surface area (Å²) < 4.78 is 0. The average molecular weight is 252 g/mol. The quantitative estimate of drug-likeness (QED) is 0.635. The van der Waals surface area contributed by atoms with Crippen LogP contribution in [0.3, 0.4) is 0 Å². The third kappa shape index (κ3) is 3.10. The first-order valence-corrected chi connectivity index (χ1v) is 9.39. The Hall–Kier alpha value is -0.350. The fraction of sp³-hybridized carbons (Fsp3) is 0.625. The van der Waals surface area contributed by atoms with E-state index in [0.29, 0.717) is 0 Å². The van der Waals surface area contributed by atoms with E-state index in [1.165, 1.54) is 11.7 Å². The SMILES string of the molecule is CC(C)[PH](Cc1ccccc1)(C(C)C)C(C)C. The van der Waals surface area contributed by atoms with E-state index in [2.05, 4.69) is 71.9 Å². The molecule has 1 heteroatoms. The van der Waals surface area contributed by atoms with Gasteiger partial charge in [0.2, 0.25) is 0 Å².